The molecule has 1 aromatic rings. The molecule has 2 heterocycles. The van der Waals surface area contributed by atoms with E-state index in [4.69, 9.17) is 0 Å². The molecule has 5 nitrogen and oxygen atoms in total. The molecule has 1 unspecified atom stereocenters. The molecular weight excluding hydrogens is 262 g/mol. The second kappa shape index (κ2) is 6.79. The van der Waals surface area contributed by atoms with E-state index in [1.165, 1.54) is 11.4 Å². The number of hydrogen-bond acceptors (Lipinski definition) is 4. The molecule has 0 bridgehead atoms. The van der Waals surface area contributed by atoms with Gasteiger partial charge in [-0.3, -0.25) is 4.68 Å². The van der Waals surface area contributed by atoms with E-state index in [0.29, 0.717) is 12.0 Å². The minimum absolute atomic E-state index is 0.530. The Morgan fingerprint density at radius 2 is 2.00 bits per heavy atom. The van der Waals surface area contributed by atoms with Gasteiger partial charge in [0.1, 0.15) is 5.82 Å². The van der Waals surface area contributed by atoms with Crippen LogP contribution in [0.5, 0.6) is 0 Å². The summed E-state index contributed by atoms with van der Waals surface area (Å²) in [5.74, 6) is 1.97. The van der Waals surface area contributed by atoms with Gasteiger partial charge >= 0.3 is 0 Å². The third-order valence-corrected chi connectivity index (χ3v) is 4.27. The molecule has 1 saturated heterocycles. The van der Waals surface area contributed by atoms with Gasteiger partial charge in [0.15, 0.2) is 0 Å². The number of nitrogens with one attached hydrogen (secondary N) is 1. The maximum Gasteiger partial charge on any atom is 0.131 e. The molecule has 1 aliphatic heterocycles. The Bertz CT molecular complexity index is 465. The zero-order valence-corrected chi connectivity index (χ0v) is 14.5. The van der Waals surface area contributed by atoms with E-state index in [0.717, 1.165) is 38.4 Å². The molecule has 5 heteroatoms. The van der Waals surface area contributed by atoms with Gasteiger partial charge in [0.05, 0.1) is 5.69 Å². The van der Waals surface area contributed by atoms with Crippen LogP contribution in [-0.4, -0.2) is 53.9 Å². The van der Waals surface area contributed by atoms with Gasteiger partial charge in [-0.1, -0.05) is 13.8 Å². The van der Waals surface area contributed by atoms with Crippen LogP contribution in [0.3, 0.4) is 0 Å². The van der Waals surface area contributed by atoms with E-state index in [1.54, 1.807) is 0 Å². The quantitative estimate of drug-likeness (QED) is 0.895. The smallest absolute Gasteiger partial charge is 0.131 e. The summed E-state index contributed by atoms with van der Waals surface area (Å²) in [7, 11) is 4.27. The molecule has 120 valence electrons. The van der Waals surface area contributed by atoms with Gasteiger partial charge in [0.25, 0.3) is 0 Å². The Kier molecular flexibility index (Phi) is 5.27. The average Bonchev–Trinajstić information content (AvgIpc) is 2.65. The van der Waals surface area contributed by atoms with Gasteiger partial charge in [-0.15, -0.1) is 0 Å². The lowest BCUT2D eigenvalue weighted by atomic mass is 10.1. The molecule has 2 rings (SSSR count). The Morgan fingerprint density at radius 3 is 2.62 bits per heavy atom. The maximum atomic E-state index is 4.66. The van der Waals surface area contributed by atoms with Gasteiger partial charge in [0, 0.05) is 44.8 Å². The van der Waals surface area contributed by atoms with Gasteiger partial charge < -0.3 is 15.1 Å². The van der Waals surface area contributed by atoms with Crippen molar-refractivity contribution in [3.63, 3.8) is 0 Å². The van der Waals surface area contributed by atoms with Crippen LogP contribution in [0, 0.1) is 12.8 Å². The summed E-state index contributed by atoms with van der Waals surface area (Å²) in [5.41, 5.74) is 2.50. The molecule has 0 aliphatic carbocycles. The molecule has 0 radical (unpaired) electrons. The second-order valence-corrected chi connectivity index (χ2v) is 6.84. The third-order valence-electron chi connectivity index (χ3n) is 4.27. The zero-order chi connectivity index (χ0) is 15.6. The van der Waals surface area contributed by atoms with Crippen LogP contribution in [0.1, 0.15) is 32.0 Å². The van der Waals surface area contributed by atoms with Gasteiger partial charge in [-0.2, -0.15) is 5.10 Å². The first-order valence-electron chi connectivity index (χ1n) is 8.08. The maximum absolute atomic E-state index is 4.66. The van der Waals surface area contributed by atoms with Crippen molar-refractivity contribution in [3.8, 4) is 0 Å². The van der Waals surface area contributed by atoms with Crippen LogP contribution in [-0.2, 0) is 13.6 Å². The molecule has 1 fully saturated rings. The highest BCUT2D eigenvalue weighted by Gasteiger charge is 2.27. The van der Waals surface area contributed by atoms with E-state index >= 15 is 0 Å². The fraction of sp³-hybridized carbons (Fsp3) is 0.812. The van der Waals surface area contributed by atoms with Crippen molar-refractivity contribution in [2.75, 3.05) is 38.1 Å². The number of piperazine rings is 1. The normalized spacial score (nSPS) is 20.5. The van der Waals surface area contributed by atoms with Crippen molar-refractivity contribution in [1.82, 2.24) is 20.0 Å². The van der Waals surface area contributed by atoms with Crippen molar-refractivity contribution in [1.29, 1.82) is 0 Å². The van der Waals surface area contributed by atoms with Crippen molar-refractivity contribution < 1.29 is 0 Å². The molecule has 1 aliphatic rings. The number of hydrogen-bond donors (Lipinski definition) is 1. The molecule has 1 aromatic heterocycles. The Balaban J connectivity index is 2.18. The number of aryl methyl sites for hydroxylation is 2. The Labute approximate surface area is 129 Å². The van der Waals surface area contributed by atoms with Crippen LogP contribution in [0.2, 0.25) is 0 Å². The van der Waals surface area contributed by atoms with Crippen LogP contribution in [0.25, 0.3) is 0 Å². The minimum Gasteiger partial charge on any atom is -0.351 e. The van der Waals surface area contributed by atoms with Gasteiger partial charge in [0.2, 0.25) is 0 Å². The highest BCUT2D eigenvalue weighted by Crippen LogP contribution is 2.26. The Hall–Kier alpha value is -1.07. The average molecular weight is 293 g/mol. The summed E-state index contributed by atoms with van der Waals surface area (Å²) in [6.45, 7) is 14.2. The van der Waals surface area contributed by atoms with Crippen molar-refractivity contribution in [2.45, 2.75) is 40.3 Å². The number of rotatable bonds is 5. The van der Waals surface area contributed by atoms with E-state index < -0.39 is 0 Å². The van der Waals surface area contributed by atoms with Crippen LogP contribution in [0.4, 0.5) is 5.82 Å². The lowest BCUT2D eigenvalue weighted by molar-refractivity contribution is 0.273. The summed E-state index contributed by atoms with van der Waals surface area (Å²) >= 11 is 0. The number of nitrogens with zero attached hydrogens (tertiary/aromatic N) is 4. The molecule has 0 saturated carbocycles. The van der Waals surface area contributed by atoms with Crippen LogP contribution < -0.4 is 10.2 Å². The largest absolute Gasteiger partial charge is 0.351 e. The van der Waals surface area contributed by atoms with Crippen LogP contribution >= 0.6 is 0 Å². The molecular formula is C16H31N5. The van der Waals surface area contributed by atoms with E-state index in [-0.39, 0.29) is 0 Å². The first kappa shape index (κ1) is 16.3. The highest BCUT2D eigenvalue weighted by atomic mass is 15.4. The fourth-order valence-electron chi connectivity index (χ4n) is 3.20. The summed E-state index contributed by atoms with van der Waals surface area (Å²) in [6.07, 6.45) is 0. The van der Waals surface area contributed by atoms with Crippen LogP contribution in [0.15, 0.2) is 0 Å². The second-order valence-electron chi connectivity index (χ2n) is 6.84. The molecule has 1 atom stereocenters. The number of aromatic nitrogens is 2. The third kappa shape index (κ3) is 3.77. The summed E-state index contributed by atoms with van der Waals surface area (Å²) < 4.78 is 2.06. The molecule has 0 amide bonds. The summed E-state index contributed by atoms with van der Waals surface area (Å²) in [5, 5.41) is 8.23. The monoisotopic (exact) mass is 293 g/mol. The fourth-order valence-corrected chi connectivity index (χ4v) is 3.20. The molecule has 0 spiro atoms. The van der Waals surface area contributed by atoms with Gasteiger partial charge in [-0.05, 0) is 33.4 Å². The molecule has 21 heavy (non-hydrogen) atoms. The van der Waals surface area contributed by atoms with Crippen molar-refractivity contribution in [2.24, 2.45) is 13.0 Å². The SMILES string of the molecule is Cc1nn(C)c(N2CCN(C)CC2C)c1CNCC(C)C. The summed E-state index contributed by atoms with van der Waals surface area (Å²) in [6, 6.07) is 0.530. The van der Waals surface area contributed by atoms with Gasteiger partial charge in [-0.25, -0.2) is 0 Å². The standard InChI is InChI=1S/C16H31N5/c1-12(2)9-17-10-15-14(4)18-20(6)16(15)21-8-7-19(5)11-13(21)3/h12-13,17H,7-11H2,1-6H3. The topological polar surface area (TPSA) is 36.3 Å². The molecule has 1 N–H and O–H groups in total. The number of anilines is 1. The number of likely N-dealkylation sites (N-methyl/N-ethyl adjacent to an activating group) is 1. The van der Waals surface area contributed by atoms with E-state index in [1.807, 2.05) is 0 Å². The lowest BCUT2D eigenvalue weighted by Crippen LogP contribution is -2.51. The highest BCUT2D eigenvalue weighted by molar-refractivity contribution is 5.51. The van der Waals surface area contributed by atoms with E-state index in [9.17, 15) is 0 Å². The molecule has 0 aromatic carbocycles. The first-order chi connectivity index (χ1) is 9.90. The first-order valence-corrected chi connectivity index (χ1v) is 8.08. The Morgan fingerprint density at radius 1 is 1.29 bits per heavy atom. The van der Waals surface area contributed by atoms with E-state index in [2.05, 4.69) is 66.7 Å². The van der Waals surface area contributed by atoms with Crippen molar-refractivity contribution in [3.05, 3.63) is 11.3 Å². The summed E-state index contributed by atoms with van der Waals surface area (Å²) in [4.78, 5) is 4.92. The minimum atomic E-state index is 0.530. The zero-order valence-electron chi connectivity index (χ0n) is 14.5. The van der Waals surface area contributed by atoms with Crippen molar-refractivity contribution >= 4 is 5.82 Å². The predicted molar refractivity (Wildman–Crippen MR) is 88.8 cm³/mol. The predicted octanol–water partition coefficient (Wildman–Crippen LogP) is 1.61. The lowest BCUT2D eigenvalue weighted by Gasteiger charge is -2.40.